The quantitative estimate of drug-likeness (QED) is 0.605. The number of rotatable bonds is 7. The molecule has 1 N–H and O–H groups in total. The summed E-state index contributed by atoms with van der Waals surface area (Å²) in [5.41, 5.74) is 1.22. The fourth-order valence-corrected chi connectivity index (χ4v) is 3.10. The van der Waals surface area contributed by atoms with Crippen molar-refractivity contribution in [2.45, 2.75) is 6.61 Å². The Morgan fingerprint density at radius 3 is 2.93 bits per heavy atom. The maximum absolute atomic E-state index is 13.7. The fourth-order valence-electron chi connectivity index (χ4n) is 2.30. The Labute approximate surface area is 159 Å². The van der Waals surface area contributed by atoms with E-state index in [1.165, 1.54) is 11.3 Å². The van der Waals surface area contributed by atoms with Crippen LogP contribution in [-0.4, -0.2) is 17.4 Å². The Hall–Kier alpha value is -3.06. The van der Waals surface area contributed by atoms with Crippen LogP contribution in [0.25, 0.3) is 10.6 Å². The molecule has 0 unspecified atom stereocenters. The number of aromatic nitrogens is 1. The number of nitrogens with zero attached hydrogens (tertiary/aromatic N) is 1. The number of thiazole rings is 1. The first-order valence-corrected chi connectivity index (χ1v) is 8.96. The maximum Gasteiger partial charge on any atom is 0.271 e. The zero-order valence-corrected chi connectivity index (χ0v) is 15.1. The molecule has 138 valence electrons. The second-order valence-electron chi connectivity index (χ2n) is 5.59. The molecule has 27 heavy (non-hydrogen) atoms. The van der Waals surface area contributed by atoms with Crippen LogP contribution in [0.15, 0.2) is 60.5 Å². The summed E-state index contributed by atoms with van der Waals surface area (Å²) in [6, 6.07) is 10.3. The monoisotopic (exact) mass is 386 g/mol. The predicted octanol–water partition coefficient (Wildman–Crippen LogP) is 4.58. The lowest BCUT2D eigenvalue weighted by molar-refractivity contribution is 0.0954. The minimum absolute atomic E-state index is 0.0971. The van der Waals surface area contributed by atoms with Crippen LogP contribution in [0.5, 0.6) is 5.75 Å². The Morgan fingerprint density at radius 1 is 1.26 bits per heavy atom. The first-order chi connectivity index (χ1) is 13.1. The Balaban J connectivity index is 1.72. The third-order valence-electron chi connectivity index (χ3n) is 3.63. The van der Waals surface area contributed by atoms with E-state index in [1.807, 2.05) is 6.07 Å². The molecule has 0 bridgehead atoms. The van der Waals surface area contributed by atoms with Gasteiger partial charge in [0.05, 0.1) is 0 Å². The second kappa shape index (κ2) is 8.55. The van der Waals surface area contributed by atoms with Crippen molar-refractivity contribution in [1.82, 2.24) is 10.3 Å². The zero-order valence-electron chi connectivity index (χ0n) is 14.2. The van der Waals surface area contributed by atoms with Gasteiger partial charge in [-0.2, -0.15) is 0 Å². The van der Waals surface area contributed by atoms with E-state index in [0.717, 1.165) is 23.8 Å². The molecular weight excluding hydrogens is 370 g/mol. The third kappa shape index (κ3) is 4.77. The van der Waals surface area contributed by atoms with Gasteiger partial charge < -0.3 is 10.1 Å². The first kappa shape index (κ1) is 18.7. The van der Waals surface area contributed by atoms with Crippen LogP contribution in [0.4, 0.5) is 8.78 Å². The van der Waals surface area contributed by atoms with Gasteiger partial charge in [0.15, 0.2) is 0 Å². The van der Waals surface area contributed by atoms with Crippen molar-refractivity contribution in [3.8, 4) is 16.3 Å². The van der Waals surface area contributed by atoms with Crippen LogP contribution in [0.2, 0.25) is 0 Å². The van der Waals surface area contributed by atoms with Crippen molar-refractivity contribution >= 4 is 17.2 Å². The molecule has 0 saturated heterocycles. The molecule has 0 spiro atoms. The van der Waals surface area contributed by atoms with Crippen molar-refractivity contribution in [1.29, 1.82) is 0 Å². The van der Waals surface area contributed by atoms with Crippen molar-refractivity contribution in [2.75, 3.05) is 6.54 Å². The van der Waals surface area contributed by atoms with Gasteiger partial charge in [0.25, 0.3) is 5.91 Å². The average Bonchev–Trinajstić information content (AvgIpc) is 3.17. The number of benzene rings is 2. The topological polar surface area (TPSA) is 51.2 Å². The maximum atomic E-state index is 13.7. The molecule has 1 amide bonds. The van der Waals surface area contributed by atoms with Gasteiger partial charge in [-0.05, 0) is 30.3 Å². The van der Waals surface area contributed by atoms with Crippen LogP contribution >= 0.6 is 11.3 Å². The Morgan fingerprint density at radius 2 is 2.11 bits per heavy atom. The summed E-state index contributed by atoms with van der Waals surface area (Å²) in [6.07, 6.45) is 1.59. The number of hydrogen-bond donors (Lipinski definition) is 1. The standard InChI is InChI=1S/C20H16F2N2O2S/c1-2-8-23-19(25)18-12-27-20(24-18)13-4-3-5-16(10-13)26-11-14-9-15(21)6-7-17(14)22/h2-7,9-10,12H,1,8,11H2,(H,23,25). The van der Waals surface area contributed by atoms with Gasteiger partial charge >= 0.3 is 0 Å². The number of halogens is 2. The predicted molar refractivity (Wildman–Crippen MR) is 101 cm³/mol. The minimum Gasteiger partial charge on any atom is -0.489 e. The van der Waals surface area contributed by atoms with Crippen LogP contribution in [0, 0.1) is 11.6 Å². The highest BCUT2D eigenvalue weighted by atomic mass is 32.1. The number of ether oxygens (including phenoxy) is 1. The van der Waals surface area contributed by atoms with Crippen molar-refractivity contribution in [3.63, 3.8) is 0 Å². The van der Waals surface area contributed by atoms with E-state index >= 15 is 0 Å². The van der Waals surface area contributed by atoms with Gasteiger partial charge in [-0.1, -0.05) is 18.2 Å². The van der Waals surface area contributed by atoms with Crippen molar-refractivity contribution in [3.05, 3.63) is 83.4 Å². The molecule has 7 heteroatoms. The van der Waals surface area contributed by atoms with Crippen LogP contribution in [-0.2, 0) is 6.61 Å². The average molecular weight is 386 g/mol. The SMILES string of the molecule is C=CCNC(=O)c1csc(-c2cccc(OCc3cc(F)ccc3F)c2)n1. The molecule has 1 aromatic heterocycles. The van der Waals surface area contributed by atoms with Gasteiger partial charge in [-0.25, -0.2) is 13.8 Å². The molecule has 0 fully saturated rings. The van der Waals surface area contributed by atoms with Crippen molar-refractivity contribution in [2.24, 2.45) is 0 Å². The van der Waals surface area contributed by atoms with E-state index in [1.54, 1.807) is 29.7 Å². The second-order valence-corrected chi connectivity index (χ2v) is 6.45. The van der Waals surface area contributed by atoms with Crippen LogP contribution < -0.4 is 10.1 Å². The summed E-state index contributed by atoms with van der Waals surface area (Å²) in [5.74, 6) is -0.827. The molecule has 0 aliphatic heterocycles. The number of hydrogen-bond acceptors (Lipinski definition) is 4. The molecule has 1 heterocycles. The van der Waals surface area contributed by atoms with Crippen molar-refractivity contribution < 1.29 is 18.3 Å². The minimum atomic E-state index is -0.525. The van der Waals surface area contributed by atoms with Gasteiger partial charge in [0.1, 0.15) is 34.7 Å². The molecule has 0 saturated carbocycles. The normalized spacial score (nSPS) is 10.4. The Bertz CT molecular complexity index is 972. The third-order valence-corrected chi connectivity index (χ3v) is 4.52. The highest BCUT2D eigenvalue weighted by Crippen LogP contribution is 2.27. The van der Waals surface area contributed by atoms with Crippen LogP contribution in [0.1, 0.15) is 16.1 Å². The molecule has 0 aliphatic rings. The number of carbonyl (C=O) groups is 1. The van der Waals surface area contributed by atoms with E-state index in [0.29, 0.717) is 23.0 Å². The van der Waals surface area contributed by atoms with Gasteiger partial charge in [-0.3, -0.25) is 4.79 Å². The lowest BCUT2D eigenvalue weighted by Crippen LogP contribution is -2.23. The Kier molecular flexibility index (Phi) is 5.93. The summed E-state index contributed by atoms with van der Waals surface area (Å²) in [4.78, 5) is 16.3. The molecule has 0 radical (unpaired) electrons. The van der Waals surface area contributed by atoms with E-state index in [9.17, 15) is 13.6 Å². The first-order valence-electron chi connectivity index (χ1n) is 8.08. The summed E-state index contributed by atoms with van der Waals surface area (Å²) in [5, 5.41) is 4.99. The lowest BCUT2D eigenvalue weighted by atomic mass is 10.2. The van der Waals surface area contributed by atoms with E-state index in [4.69, 9.17) is 4.74 Å². The van der Waals surface area contributed by atoms with Gasteiger partial charge in [0.2, 0.25) is 0 Å². The highest BCUT2D eigenvalue weighted by molar-refractivity contribution is 7.13. The number of carbonyl (C=O) groups excluding carboxylic acids is 1. The van der Waals surface area contributed by atoms with E-state index < -0.39 is 11.6 Å². The summed E-state index contributed by atoms with van der Waals surface area (Å²) >= 11 is 1.33. The summed E-state index contributed by atoms with van der Waals surface area (Å²) in [6.45, 7) is 3.82. The van der Waals surface area contributed by atoms with Crippen LogP contribution in [0.3, 0.4) is 0 Å². The number of nitrogens with one attached hydrogen (secondary N) is 1. The smallest absolute Gasteiger partial charge is 0.271 e. The van der Waals surface area contributed by atoms with Gasteiger partial charge in [-0.15, -0.1) is 17.9 Å². The molecule has 3 rings (SSSR count). The summed E-state index contributed by atoms with van der Waals surface area (Å²) in [7, 11) is 0. The lowest BCUT2D eigenvalue weighted by Gasteiger charge is -2.08. The molecule has 2 aromatic carbocycles. The van der Waals surface area contributed by atoms with Gasteiger partial charge in [0, 0.05) is 23.1 Å². The largest absolute Gasteiger partial charge is 0.489 e. The fraction of sp³-hybridized carbons (Fsp3) is 0.100. The molecule has 4 nitrogen and oxygen atoms in total. The number of amides is 1. The van der Waals surface area contributed by atoms with E-state index in [-0.39, 0.29) is 18.1 Å². The molecule has 3 aromatic rings. The molecular formula is C20H16F2N2O2S. The van der Waals surface area contributed by atoms with E-state index in [2.05, 4.69) is 16.9 Å². The molecule has 0 aliphatic carbocycles. The molecule has 0 atom stereocenters. The zero-order chi connectivity index (χ0) is 19.2. The highest BCUT2D eigenvalue weighted by Gasteiger charge is 2.12. The summed E-state index contributed by atoms with van der Waals surface area (Å²) < 4.78 is 32.5.